The summed E-state index contributed by atoms with van der Waals surface area (Å²) >= 11 is 0. The number of carbonyl (C=O) groups excluding carboxylic acids is 2. The Morgan fingerprint density at radius 2 is 1.56 bits per heavy atom. The molecule has 0 saturated carbocycles. The Bertz CT molecular complexity index is 1150. The SMILES string of the molecule is CCCCCN1C(C(=O)c2ccccc2)=C(NC(=O)C(C)(C)C)c2ccccc2S1(=O)=O. The highest BCUT2D eigenvalue weighted by Crippen LogP contribution is 2.37. The molecule has 32 heavy (non-hydrogen) atoms. The van der Waals surface area contributed by atoms with Crippen LogP contribution >= 0.6 is 0 Å². The summed E-state index contributed by atoms with van der Waals surface area (Å²) in [5, 5.41) is 2.89. The van der Waals surface area contributed by atoms with Gasteiger partial charge in [-0.3, -0.25) is 13.9 Å². The number of rotatable bonds is 7. The number of hydrogen-bond donors (Lipinski definition) is 1. The number of sulfonamides is 1. The molecule has 2 aromatic rings. The molecule has 1 amide bonds. The van der Waals surface area contributed by atoms with Crippen molar-refractivity contribution in [2.45, 2.75) is 51.9 Å². The topological polar surface area (TPSA) is 83.6 Å². The number of nitrogens with zero attached hydrogens (tertiary/aromatic N) is 1. The lowest BCUT2D eigenvalue weighted by atomic mass is 9.94. The number of amides is 1. The minimum absolute atomic E-state index is 0.0106. The third-order valence-corrected chi connectivity index (χ3v) is 7.20. The largest absolute Gasteiger partial charge is 0.323 e. The van der Waals surface area contributed by atoms with Gasteiger partial charge in [-0.05, 0) is 12.5 Å². The van der Waals surface area contributed by atoms with Crippen LogP contribution in [0, 0.1) is 5.41 Å². The average molecular weight is 455 g/mol. The van der Waals surface area contributed by atoms with Crippen LogP contribution in [0.5, 0.6) is 0 Å². The molecule has 0 saturated heterocycles. The van der Waals surface area contributed by atoms with E-state index in [0.29, 0.717) is 17.5 Å². The van der Waals surface area contributed by atoms with Crippen molar-refractivity contribution in [2.75, 3.05) is 6.54 Å². The van der Waals surface area contributed by atoms with E-state index in [1.165, 1.54) is 10.4 Å². The predicted molar refractivity (Wildman–Crippen MR) is 125 cm³/mol. The smallest absolute Gasteiger partial charge is 0.265 e. The van der Waals surface area contributed by atoms with Gasteiger partial charge in [0.15, 0.2) is 0 Å². The second-order valence-corrected chi connectivity index (χ2v) is 10.7. The maximum atomic E-state index is 13.7. The van der Waals surface area contributed by atoms with Gasteiger partial charge in [-0.25, -0.2) is 8.42 Å². The highest BCUT2D eigenvalue weighted by atomic mass is 32.2. The maximum Gasteiger partial charge on any atom is 0.265 e. The standard InChI is InChI=1S/C25H30N2O4S/c1-5-6-12-17-27-22(23(28)18-13-8-7-9-14-18)21(26-24(29)25(2,3)4)19-15-10-11-16-20(19)32(27,30)31/h7-11,13-16H,5-6,12,17H2,1-4H3,(H,26,29). The van der Waals surface area contributed by atoms with Crippen LogP contribution in [0.2, 0.25) is 0 Å². The number of allylic oxidation sites excluding steroid dienone is 1. The molecule has 0 aromatic heterocycles. The van der Waals surface area contributed by atoms with Gasteiger partial charge in [0, 0.05) is 23.1 Å². The maximum absolute atomic E-state index is 13.7. The van der Waals surface area contributed by atoms with E-state index in [-0.39, 0.29) is 28.7 Å². The van der Waals surface area contributed by atoms with E-state index in [1.807, 2.05) is 6.92 Å². The Balaban J connectivity index is 2.29. The van der Waals surface area contributed by atoms with Crippen molar-refractivity contribution in [1.82, 2.24) is 9.62 Å². The van der Waals surface area contributed by atoms with Gasteiger partial charge in [0.1, 0.15) is 5.70 Å². The zero-order chi connectivity index (χ0) is 23.5. The number of carbonyl (C=O) groups is 2. The van der Waals surface area contributed by atoms with Crippen LogP contribution in [0.4, 0.5) is 0 Å². The normalized spacial score (nSPS) is 15.3. The molecule has 170 valence electrons. The Morgan fingerprint density at radius 1 is 0.938 bits per heavy atom. The summed E-state index contributed by atoms with van der Waals surface area (Å²) < 4.78 is 28.4. The van der Waals surface area contributed by atoms with Crippen molar-refractivity contribution >= 4 is 27.4 Å². The Morgan fingerprint density at radius 3 is 2.19 bits per heavy atom. The van der Waals surface area contributed by atoms with Crippen LogP contribution in [0.3, 0.4) is 0 Å². The molecule has 0 atom stereocenters. The van der Waals surface area contributed by atoms with Crippen molar-refractivity contribution < 1.29 is 18.0 Å². The third kappa shape index (κ3) is 4.63. The second-order valence-electron chi connectivity index (χ2n) is 8.90. The Hall–Kier alpha value is -2.93. The highest BCUT2D eigenvalue weighted by Gasteiger charge is 2.40. The van der Waals surface area contributed by atoms with Gasteiger partial charge in [-0.15, -0.1) is 0 Å². The molecule has 1 aliphatic heterocycles. The molecule has 0 fully saturated rings. The number of Topliss-reactive ketones (excluding diaryl/α,β-unsaturated/α-hetero) is 1. The first kappa shape index (κ1) is 23.7. The van der Waals surface area contributed by atoms with Crippen molar-refractivity contribution in [3.8, 4) is 0 Å². The van der Waals surface area contributed by atoms with Crippen molar-refractivity contribution in [3.63, 3.8) is 0 Å². The number of ketones is 1. The number of unbranched alkanes of at least 4 members (excludes halogenated alkanes) is 2. The van der Waals surface area contributed by atoms with Gasteiger partial charge < -0.3 is 5.32 Å². The number of hydrogen-bond acceptors (Lipinski definition) is 4. The molecule has 0 aliphatic carbocycles. The van der Waals surface area contributed by atoms with Gasteiger partial charge in [-0.2, -0.15) is 0 Å². The van der Waals surface area contributed by atoms with E-state index in [9.17, 15) is 18.0 Å². The first-order valence-corrected chi connectivity index (χ1v) is 12.3. The van der Waals surface area contributed by atoms with E-state index in [2.05, 4.69) is 5.32 Å². The third-order valence-electron chi connectivity index (χ3n) is 5.35. The van der Waals surface area contributed by atoms with Crippen LogP contribution < -0.4 is 5.32 Å². The van der Waals surface area contributed by atoms with Crippen LogP contribution in [-0.2, 0) is 14.8 Å². The molecule has 2 aromatic carbocycles. The Labute approximate surface area is 190 Å². The van der Waals surface area contributed by atoms with E-state index in [1.54, 1.807) is 69.3 Å². The zero-order valence-corrected chi connectivity index (χ0v) is 19.8. The van der Waals surface area contributed by atoms with Crippen molar-refractivity contribution in [3.05, 3.63) is 71.4 Å². The minimum atomic E-state index is -3.97. The van der Waals surface area contributed by atoms with Gasteiger partial charge >= 0.3 is 0 Å². The molecule has 6 nitrogen and oxygen atoms in total. The van der Waals surface area contributed by atoms with Crippen molar-refractivity contribution in [1.29, 1.82) is 0 Å². The first-order chi connectivity index (χ1) is 15.1. The van der Waals surface area contributed by atoms with Crippen LogP contribution in [0.15, 0.2) is 65.2 Å². The molecule has 0 spiro atoms. The summed E-state index contributed by atoms with van der Waals surface area (Å²) in [7, 11) is -3.97. The van der Waals surface area contributed by atoms with Gasteiger partial charge in [0.25, 0.3) is 10.0 Å². The van der Waals surface area contributed by atoms with Crippen LogP contribution in [-0.4, -0.2) is 31.0 Å². The van der Waals surface area contributed by atoms with E-state index in [0.717, 1.165) is 12.8 Å². The van der Waals surface area contributed by atoms with E-state index >= 15 is 0 Å². The molecule has 1 heterocycles. The van der Waals surface area contributed by atoms with Gasteiger partial charge in [0.05, 0.1) is 10.6 Å². The number of fused-ring (bicyclic) bond motifs is 1. The fraction of sp³-hybridized carbons (Fsp3) is 0.360. The average Bonchev–Trinajstić information content (AvgIpc) is 2.76. The quantitative estimate of drug-likeness (QED) is 0.490. The molecular weight excluding hydrogens is 424 g/mol. The summed E-state index contributed by atoms with van der Waals surface area (Å²) in [6.45, 7) is 7.50. The monoisotopic (exact) mass is 454 g/mol. The summed E-state index contributed by atoms with van der Waals surface area (Å²) in [4.78, 5) is 26.7. The fourth-order valence-corrected chi connectivity index (χ4v) is 5.23. The lowest BCUT2D eigenvalue weighted by Crippen LogP contribution is -2.43. The summed E-state index contributed by atoms with van der Waals surface area (Å²) in [5.74, 6) is -0.738. The lowest BCUT2D eigenvalue weighted by Gasteiger charge is -2.34. The number of nitrogens with one attached hydrogen (secondary N) is 1. The molecule has 3 rings (SSSR count). The fourth-order valence-electron chi connectivity index (χ4n) is 3.51. The van der Waals surface area contributed by atoms with E-state index in [4.69, 9.17) is 0 Å². The molecule has 0 bridgehead atoms. The van der Waals surface area contributed by atoms with E-state index < -0.39 is 21.2 Å². The van der Waals surface area contributed by atoms with Gasteiger partial charge in [-0.1, -0.05) is 89.1 Å². The molecule has 1 aliphatic rings. The molecular formula is C25H30N2O4S. The first-order valence-electron chi connectivity index (χ1n) is 10.9. The molecule has 1 N–H and O–H groups in total. The van der Waals surface area contributed by atoms with Crippen LogP contribution in [0.1, 0.15) is 62.9 Å². The summed E-state index contributed by atoms with van der Waals surface area (Å²) in [6, 6.07) is 15.0. The molecule has 0 radical (unpaired) electrons. The second kappa shape index (κ2) is 9.28. The summed E-state index contributed by atoms with van der Waals surface area (Å²) in [6.07, 6.45) is 2.33. The molecule has 7 heteroatoms. The Kier molecular flexibility index (Phi) is 6.88. The highest BCUT2D eigenvalue weighted by molar-refractivity contribution is 7.89. The number of benzene rings is 2. The van der Waals surface area contributed by atoms with Crippen LogP contribution in [0.25, 0.3) is 5.70 Å². The van der Waals surface area contributed by atoms with Gasteiger partial charge in [0.2, 0.25) is 11.7 Å². The minimum Gasteiger partial charge on any atom is -0.323 e. The zero-order valence-electron chi connectivity index (χ0n) is 19.0. The predicted octanol–water partition coefficient (Wildman–Crippen LogP) is 4.59. The van der Waals surface area contributed by atoms with Crippen molar-refractivity contribution in [2.24, 2.45) is 5.41 Å². The summed E-state index contributed by atoms with van der Waals surface area (Å²) in [5.41, 5.74) is 0.187. The molecule has 0 unspecified atom stereocenters. The lowest BCUT2D eigenvalue weighted by molar-refractivity contribution is -0.127.